The third kappa shape index (κ3) is 4.40. The zero-order chi connectivity index (χ0) is 15.9. The van der Waals surface area contributed by atoms with Gasteiger partial charge in [0.15, 0.2) is 6.10 Å². The molecule has 4 nitrogen and oxygen atoms in total. The molecule has 1 N–H and O–H groups in total. The van der Waals surface area contributed by atoms with E-state index in [1.807, 2.05) is 31.2 Å². The summed E-state index contributed by atoms with van der Waals surface area (Å²) >= 11 is 5.89. The Morgan fingerprint density at radius 2 is 2.00 bits per heavy atom. The highest BCUT2D eigenvalue weighted by Crippen LogP contribution is 2.23. The summed E-state index contributed by atoms with van der Waals surface area (Å²) in [6, 6.07) is 14.0. The molecule has 22 heavy (non-hydrogen) atoms. The van der Waals surface area contributed by atoms with Gasteiger partial charge in [0.1, 0.15) is 11.5 Å². The van der Waals surface area contributed by atoms with Crippen LogP contribution >= 0.6 is 11.6 Å². The number of carboxylic acids is 1. The molecule has 2 aromatic carbocycles. The minimum atomic E-state index is -1.04. The minimum absolute atomic E-state index is 0.206. The smallest absolute Gasteiger partial charge is 0.345 e. The molecule has 0 bridgehead atoms. The fraction of sp³-hybridized carbons (Fsp3) is 0.235. The van der Waals surface area contributed by atoms with Crippen LogP contribution < -0.4 is 9.47 Å². The van der Waals surface area contributed by atoms with Crippen molar-refractivity contribution in [3.8, 4) is 11.5 Å². The average Bonchev–Trinajstić information content (AvgIpc) is 2.48. The van der Waals surface area contributed by atoms with Crippen LogP contribution in [0.3, 0.4) is 0 Å². The van der Waals surface area contributed by atoms with E-state index in [0.29, 0.717) is 23.1 Å². The van der Waals surface area contributed by atoms with Gasteiger partial charge in [0.05, 0.1) is 6.61 Å². The molecule has 0 aromatic heterocycles. The number of benzene rings is 2. The minimum Gasteiger partial charge on any atom is -0.494 e. The number of carboxylic acid groups (broad SMARTS) is 1. The van der Waals surface area contributed by atoms with Crippen molar-refractivity contribution in [3.63, 3.8) is 0 Å². The van der Waals surface area contributed by atoms with E-state index in [2.05, 4.69) is 0 Å². The molecule has 2 rings (SSSR count). The van der Waals surface area contributed by atoms with Crippen LogP contribution in [0.15, 0.2) is 48.5 Å². The summed E-state index contributed by atoms with van der Waals surface area (Å²) in [6.45, 7) is 2.40. The van der Waals surface area contributed by atoms with E-state index in [4.69, 9.17) is 21.1 Å². The first-order chi connectivity index (χ1) is 10.6. The first-order valence-electron chi connectivity index (χ1n) is 6.96. The third-order valence-corrected chi connectivity index (χ3v) is 3.26. The van der Waals surface area contributed by atoms with Crippen molar-refractivity contribution in [2.24, 2.45) is 0 Å². The molecule has 0 saturated heterocycles. The molecule has 2 aromatic rings. The van der Waals surface area contributed by atoms with Gasteiger partial charge in [0, 0.05) is 11.4 Å². The molecule has 0 aliphatic carbocycles. The highest BCUT2D eigenvalue weighted by Gasteiger charge is 2.22. The van der Waals surface area contributed by atoms with Crippen molar-refractivity contribution in [2.45, 2.75) is 19.4 Å². The van der Waals surface area contributed by atoms with Crippen molar-refractivity contribution < 1.29 is 19.4 Å². The largest absolute Gasteiger partial charge is 0.494 e. The standard InChI is InChI=1S/C17H17ClO4/c1-2-21-15-9-4-3-6-12(15)10-16(17(19)20)22-14-8-5-7-13(18)11-14/h3-9,11,16H,2,10H2,1H3,(H,19,20). The summed E-state index contributed by atoms with van der Waals surface area (Å²) in [4.78, 5) is 11.5. The summed E-state index contributed by atoms with van der Waals surface area (Å²) in [7, 11) is 0. The normalized spacial score (nSPS) is 11.7. The van der Waals surface area contributed by atoms with Crippen LogP contribution in [-0.4, -0.2) is 23.8 Å². The Bertz CT molecular complexity index is 642. The molecule has 0 spiro atoms. The van der Waals surface area contributed by atoms with Crippen LogP contribution in [0.1, 0.15) is 12.5 Å². The van der Waals surface area contributed by atoms with Crippen molar-refractivity contribution in [3.05, 3.63) is 59.1 Å². The van der Waals surface area contributed by atoms with Gasteiger partial charge in [0.25, 0.3) is 0 Å². The Balaban J connectivity index is 2.17. The molecule has 0 fully saturated rings. The molecule has 0 aliphatic rings. The monoisotopic (exact) mass is 320 g/mol. The van der Waals surface area contributed by atoms with E-state index in [1.54, 1.807) is 24.3 Å². The second-order valence-electron chi connectivity index (χ2n) is 4.65. The van der Waals surface area contributed by atoms with Gasteiger partial charge in [-0.15, -0.1) is 0 Å². The summed E-state index contributed by atoms with van der Waals surface area (Å²) in [5.41, 5.74) is 0.791. The first kappa shape index (κ1) is 16.2. The highest BCUT2D eigenvalue weighted by molar-refractivity contribution is 6.30. The number of para-hydroxylation sites is 1. The third-order valence-electron chi connectivity index (χ3n) is 3.03. The van der Waals surface area contributed by atoms with Crippen molar-refractivity contribution in [2.75, 3.05) is 6.61 Å². The van der Waals surface area contributed by atoms with Gasteiger partial charge in [-0.1, -0.05) is 35.9 Å². The lowest BCUT2D eigenvalue weighted by atomic mass is 10.1. The second-order valence-corrected chi connectivity index (χ2v) is 5.08. The van der Waals surface area contributed by atoms with Crippen molar-refractivity contribution in [1.82, 2.24) is 0 Å². The Hall–Kier alpha value is -2.20. The Kier molecular flexibility index (Phi) is 5.67. The van der Waals surface area contributed by atoms with Crippen molar-refractivity contribution in [1.29, 1.82) is 0 Å². The predicted octanol–water partition coefficient (Wildman–Crippen LogP) is 3.81. The van der Waals surface area contributed by atoms with Gasteiger partial charge in [0.2, 0.25) is 0 Å². The van der Waals surface area contributed by atoms with E-state index in [-0.39, 0.29) is 6.42 Å². The van der Waals surface area contributed by atoms with Gasteiger partial charge < -0.3 is 14.6 Å². The molecule has 0 aliphatic heterocycles. The Labute approximate surface area is 134 Å². The number of carbonyl (C=O) groups is 1. The quantitative estimate of drug-likeness (QED) is 0.842. The van der Waals surface area contributed by atoms with Crippen LogP contribution in [0.2, 0.25) is 5.02 Å². The van der Waals surface area contributed by atoms with E-state index in [1.165, 1.54) is 0 Å². The highest BCUT2D eigenvalue weighted by atomic mass is 35.5. The van der Waals surface area contributed by atoms with Crippen LogP contribution in [0, 0.1) is 0 Å². The molecule has 0 amide bonds. The summed E-state index contributed by atoms with van der Waals surface area (Å²) in [6.07, 6.45) is -0.807. The van der Waals surface area contributed by atoms with E-state index < -0.39 is 12.1 Å². The Morgan fingerprint density at radius 3 is 2.68 bits per heavy atom. The summed E-state index contributed by atoms with van der Waals surface area (Å²) < 4.78 is 11.1. The molecule has 0 radical (unpaired) electrons. The molecule has 116 valence electrons. The molecule has 0 heterocycles. The maximum absolute atomic E-state index is 11.5. The lowest BCUT2D eigenvalue weighted by Gasteiger charge is -2.17. The molecular weight excluding hydrogens is 304 g/mol. The van der Waals surface area contributed by atoms with E-state index >= 15 is 0 Å². The molecular formula is C17H17ClO4. The first-order valence-corrected chi connectivity index (χ1v) is 7.33. The molecule has 1 unspecified atom stereocenters. The number of rotatable bonds is 7. The van der Waals surface area contributed by atoms with Crippen molar-refractivity contribution >= 4 is 17.6 Å². The van der Waals surface area contributed by atoms with Crippen LogP contribution in [-0.2, 0) is 11.2 Å². The summed E-state index contributed by atoms with van der Waals surface area (Å²) in [5.74, 6) is 0.0611. The van der Waals surface area contributed by atoms with Gasteiger partial charge in [-0.3, -0.25) is 0 Å². The van der Waals surface area contributed by atoms with Crippen LogP contribution in [0.5, 0.6) is 11.5 Å². The zero-order valence-electron chi connectivity index (χ0n) is 12.2. The van der Waals surface area contributed by atoms with E-state index in [9.17, 15) is 9.90 Å². The fourth-order valence-corrected chi connectivity index (χ4v) is 2.23. The lowest BCUT2D eigenvalue weighted by Crippen LogP contribution is -2.29. The van der Waals surface area contributed by atoms with Gasteiger partial charge in [-0.25, -0.2) is 4.79 Å². The summed E-state index contributed by atoms with van der Waals surface area (Å²) in [5, 5.41) is 9.88. The van der Waals surface area contributed by atoms with Crippen LogP contribution in [0.4, 0.5) is 0 Å². The topological polar surface area (TPSA) is 55.8 Å². The number of aliphatic carboxylic acids is 1. The second kappa shape index (κ2) is 7.71. The number of hydrogen-bond acceptors (Lipinski definition) is 3. The van der Waals surface area contributed by atoms with Gasteiger partial charge >= 0.3 is 5.97 Å². The van der Waals surface area contributed by atoms with Gasteiger partial charge in [-0.2, -0.15) is 0 Å². The predicted molar refractivity (Wildman–Crippen MR) is 84.8 cm³/mol. The van der Waals surface area contributed by atoms with E-state index in [0.717, 1.165) is 5.56 Å². The fourth-order valence-electron chi connectivity index (χ4n) is 2.05. The average molecular weight is 321 g/mol. The number of halogens is 1. The molecule has 0 saturated carbocycles. The number of hydrogen-bond donors (Lipinski definition) is 1. The maximum Gasteiger partial charge on any atom is 0.345 e. The Morgan fingerprint density at radius 1 is 1.23 bits per heavy atom. The maximum atomic E-state index is 11.5. The SMILES string of the molecule is CCOc1ccccc1CC(Oc1cccc(Cl)c1)C(=O)O. The number of ether oxygens (including phenoxy) is 2. The van der Waals surface area contributed by atoms with Gasteiger partial charge in [-0.05, 0) is 36.8 Å². The molecule has 1 atom stereocenters. The van der Waals surface area contributed by atoms with Crippen LogP contribution in [0.25, 0.3) is 0 Å². The zero-order valence-corrected chi connectivity index (χ0v) is 12.9. The molecule has 5 heteroatoms. The lowest BCUT2D eigenvalue weighted by molar-refractivity contribution is -0.145.